The minimum absolute atomic E-state index is 0.0299. The Morgan fingerprint density at radius 1 is 1.26 bits per heavy atom. The van der Waals surface area contributed by atoms with Crippen LogP contribution in [0.5, 0.6) is 0 Å². The fourth-order valence-corrected chi connectivity index (χ4v) is 4.91. The zero-order valence-electron chi connectivity index (χ0n) is 15.0. The predicted octanol–water partition coefficient (Wildman–Crippen LogP) is 3.63. The summed E-state index contributed by atoms with van der Waals surface area (Å²) in [5.74, 6) is 0.418. The maximum Gasteiger partial charge on any atom is 0.260 e. The summed E-state index contributed by atoms with van der Waals surface area (Å²) < 4.78 is 13.4. The van der Waals surface area contributed by atoms with Gasteiger partial charge in [0.05, 0.1) is 12.4 Å². The molecule has 1 unspecified atom stereocenters. The lowest BCUT2D eigenvalue weighted by atomic mass is 10.1. The van der Waals surface area contributed by atoms with Gasteiger partial charge in [0.2, 0.25) is 0 Å². The normalized spacial score (nSPS) is 13.7. The Morgan fingerprint density at radius 2 is 2.11 bits per heavy atom. The second-order valence-corrected chi connectivity index (χ2v) is 8.44. The standard InChI is InChI=1S/C20H18FN3OS2/c1-12(24(2)10-13-5-3-6-14(21)9-13)18-22-19(25)17-15(11-27-20(17)23-18)16-7-4-8-26-16/h3-9,11-12H,10H2,1-2H3,(H,22,23,25)/p+1/t12-/m0/s1. The van der Waals surface area contributed by atoms with E-state index in [0.717, 1.165) is 25.7 Å². The van der Waals surface area contributed by atoms with Crippen molar-refractivity contribution in [1.29, 1.82) is 0 Å². The van der Waals surface area contributed by atoms with Gasteiger partial charge in [-0.1, -0.05) is 18.2 Å². The Balaban J connectivity index is 1.64. The van der Waals surface area contributed by atoms with Crippen molar-refractivity contribution < 1.29 is 9.29 Å². The number of nitrogens with zero attached hydrogens (tertiary/aromatic N) is 1. The lowest BCUT2D eigenvalue weighted by molar-refractivity contribution is -0.924. The Kier molecular flexibility index (Phi) is 4.90. The Labute approximate surface area is 163 Å². The summed E-state index contributed by atoms with van der Waals surface area (Å²) in [6, 6.07) is 10.6. The quantitative estimate of drug-likeness (QED) is 0.538. The first kappa shape index (κ1) is 18.0. The molecule has 7 heteroatoms. The molecule has 0 saturated carbocycles. The number of nitrogens with one attached hydrogen (secondary N) is 2. The summed E-state index contributed by atoms with van der Waals surface area (Å²) in [5.41, 5.74) is 1.75. The second-order valence-electron chi connectivity index (χ2n) is 6.63. The average molecular weight is 401 g/mol. The molecule has 0 radical (unpaired) electrons. The van der Waals surface area contributed by atoms with E-state index in [2.05, 4.69) is 4.98 Å². The van der Waals surface area contributed by atoms with Gasteiger partial charge in [-0.25, -0.2) is 9.37 Å². The van der Waals surface area contributed by atoms with Gasteiger partial charge in [0.25, 0.3) is 5.56 Å². The molecular weight excluding hydrogens is 381 g/mol. The van der Waals surface area contributed by atoms with Gasteiger partial charge in [0, 0.05) is 21.4 Å². The van der Waals surface area contributed by atoms with Crippen LogP contribution in [0.4, 0.5) is 4.39 Å². The van der Waals surface area contributed by atoms with Gasteiger partial charge in [-0.3, -0.25) is 4.79 Å². The number of rotatable bonds is 5. The van der Waals surface area contributed by atoms with E-state index >= 15 is 0 Å². The molecular formula is C20H19FN3OS2+. The number of hydrogen-bond acceptors (Lipinski definition) is 4. The van der Waals surface area contributed by atoms with Gasteiger partial charge in [-0.15, -0.1) is 22.7 Å². The van der Waals surface area contributed by atoms with Crippen LogP contribution >= 0.6 is 22.7 Å². The molecule has 0 saturated heterocycles. The zero-order chi connectivity index (χ0) is 19.0. The summed E-state index contributed by atoms with van der Waals surface area (Å²) in [6.45, 7) is 2.66. The Morgan fingerprint density at radius 3 is 2.85 bits per heavy atom. The number of fused-ring (bicyclic) bond motifs is 1. The number of quaternary nitrogens is 1. The molecule has 4 nitrogen and oxygen atoms in total. The highest BCUT2D eigenvalue weighted by Gasteiger charge is 2.21. The summed E-state index contributed by atoms with van der Waals surface area (Å²) in [4.78, 5) is 23.4. The number of halogens is 1. The number of benzene rings is 1. The molecule has 0 aliphatic heterocycles. The molecule has 138 valence electrons. The number of H-pyrrole nitrogens is 1. The summed E-state index contributed by atoms with van der Waals surface area (Å²) in [5, 5.41) is 4.65. The van der Waals surface area contributed by atoms with E-state index in [4.69, 9.17) is 4.98 Å². The lowest BCUT2D eigenvalue weighted by Gasteiger charge is -2.21. The predicted molar refractivity (Wildman–Crippen MR) is 109 cm³/mol. The van der Waals surface area contributed by atoms with Crippen molar-refractivity contribution in [2.24, 2.45) is 0 Å². The van der Waals surface area contributed by atoms with Crippen molar-refractivity contribution in [3.05, 3.63) is 74.7 Å². The van der Waals surface area contributed by atoms with Crippen LogP contribution in [0.1, 0.15) is 24.4 Å². The molecule has 27 heavy (non-hydrogen) atoms. The maximum atomic E-state index is 13.4. The Bertz CT molecular complexity index is 1130. The molecule has 4 rings (SSSR count). The molecule has 1 aromatic carbocycles. The first-order valence-electron chi connectivity index (χ1n) is 8.65. The van der Waals surface area contributed by atoms with Gasteiger partial charge in [-0.05, 0) is 30.5 Å². The molecule has 0 spiro atoms. The second kappa shape index (κ2) is 7.34. The number of aromatic nitrogens is 2. The van der Waals surface area contributed by atoms with Crippen molar-refractivity contribution in [3.63, 3.8) is 0 Å². The topological polar surface area (TPSA) is 50.2 Å². The van der Waals surface area contributed by atoms with Gasteiger partial charge in [0.15, 0.2) is 5.82 Å². The minimum Gasteiger partial charge on any atom is -0.325 e. The van der Waals surface area contributed by atoms with E-state index in [0.29, 0.717) is 17.8 Å². The van der Waals surface area contributed by atoms with E-state index in [1.807, 2.05) is 42.9 Å². The van der Waals surface area contributed by atoms with Crippen LogP contribution in [-0.4, -0.2) is 17.0 Å². The van der Waals surface area contributed by atoms with Crippen LogP contribution in [0, 0.1) is 5.82 Å². The third-order valence-corrected chi connectivity index (χ3v) is 6.55. The maximum absolute atomic E-state index is 13.4. The molecule has 2 N–H and O–H groups in total. The van der Waals surface area contributed by atoms with E-state index in [1.165, 1.54) is 17.4 Å². The SMILES string of the molecule is C[C@@H](c1nc2scc(-c3cccs3)c2c(=O)[nH]1)[NH+](C)Cc1cccc(F)c1. The Hall–Kier alpha value is -2.35. The van der Waals surface area contributed by atoms with Crippen molar-refractivity contribution in [3.8, 4) is 10.4 Å². The largest absolute Gasteiger partial charge is 0.325 e. The van der Waals surface area contributed by atoms with Crippen LogP contribution in [0.25, 0.3) is 20.7 Å². The van der Waals surface area contributed by atoms with Crippen LogP contribution in [0.15, 0.2) is 52.0 Å². The van der Waals surface area contributed by atoms with Crippen molar-refractivity contribution in [2.75, 3.05) is 7.05 Å². The number of hydrogen-bond donors (Lipinski definition) is 2. The first-order chi connectivity index (χ1) is 13.0. The third-order valence-electron chi connectivity index (χ3n) is 4.77. The van der Waals surface area contributed by atoms with Crippen molar-refractivity contribution in [1.82, 2.24) is 9.97 Å². The van der Waals surface area contributed by atoms with E-state index < -0.39 is 0 Å². The van der Waals surface area contributed by atoms with Gasteiger partial charge >= 0.3 is 0 Å². The summed E-state index contributed by atoms with van der Waals surface area (Å²) >= 11 is 3.11. The van der Waals surface area contributed by atoms with Crippen molar-refractivity contribution >= 4 is 32.9 Å². The van der Waals surface area contributed by atoms with E-state index in [1.54, 1.807) is 23.5 Å². The van der Waals surface area contributed by atoms with Crippen molar-refractivity contribution in [2.45, 2.75) is 19.5 Å². The van der Waals surface area contributed by atoms with Gasteiger partial charge in [0.1, 0.15) is 23.2 Å². The summed E-state index contributed by atoms with van der Waals surface area (Å²) in [7, 11) is 2.02. The average Bonchev–Trinajstić information content (AvgIpc) is 3.30. The zero-order valence-corrected chi connectivity index (χ0v) is 16.6. The van der Waals surface area contributed by atoms with E-state index in [-0.39, 0.29) is 17.4 Å². The first-order valence-corrected chi connectivity index (χ1v) is 10.4. The van der Waals surface area contributed by atoms with E-state index in [9.17, 15) is 9.18 Å². The number of thiophene rings is 2. The molecule has 3 heterocycles. The third kappa shape index (κ3) is 3.58. The highest BCUT2D eigenvalue weighted by Crippen LogP contribution is 2.33. The van der Waals surface area contributed by atoms with Crippen LogP contribution < -0.4 is 10.5 Å². The molecule has 3 aromatic heterocycles. The molecule has 4 aromatic rings. The molecule has 0 fully saturated rings. The minimum atomic E-state index is -0.236. The molecule has 0 aliphatic carbocycles. The fraction of sp³-hybridized carbons (Fsp3) is 0.200. The molecule has 0 amide bonds. The molecule has 0 bridgehead atoms. The smallest absolute Gasteiger partial charge is 0.260 e. The molecule has 0 aliphatic rings. The lowest BCUT2D eigenvalue weighted by Crippen LogP contribution is -3.07. The monoisotopic (exact) mass is 400 g/mol. The summed E-state index contributed by atoms with van der Waals surface area (Å²) in [6.07, 6.45) is 0. The van der Waals surface area contributed by atoms with Gasteiger partial charge < -0.3 is 9.88 Å². The highest BCUT2D eigenvalue weighted by atomic mass is 32.1. The fourth-order valence-electron chi connectivity index (χ4n) is 3.14. The number of aromatic amines is 1. The highest BCUT2D eigenvalue weighted by molar-refractivity contribution is 7.18. The van der Waals surface area contributed by atoms with Gasteiger partial charge in [-0.2, -0.15) is 0 Å². The van der Waals surface area contributed by atoms with Crippen LogP contribution in [-0.2, 0) is 6.54 Å². The van der Waals surface area contributed by atoms with Crippen LogP contribution in [0.2, 0.25) is 0 Å². The molecule has 2 atom stereocenters. The van der Waals surface area contributed by atoms with Crippen LogP contribution in [0.3, 0.4) is 0 Å².